The minimum absolute atomic E-state index is 0. The summed E-state index contributed by atoms with van der Waals surface area (Å²) in [6.45, 7) is 0. The fraction of sp³-hybridized carbons (Fsp3) is 1.00. The smallest absolute Gasteiger partial charge is 0.893 e. The van der Waals surface area contributed by atoms with Gasteiger partial charge in [-0.25, -0.2) is 0 Å². The van der Waals surface area contributed by atoms with Crippen LogP contribution in [0.3, 0.4) is 0 Å². The maximum absolute atomic E-state index is 9.71. The van der Waals surface area contributed by atoms with Crippen LogP contribution in [0.25, 0.3) is 0 Å². The van der Waals surface area contributed by atoms with Crippen LogP contribution in [0.2, 0.25) is 6.32 Å². The van der Waals surface area contributed by atoms with E-state index in [0.29, 0.717) is 6.42 Å². The molecule has 0 heterocycles. The average Bonchev–Trinajstić information content (AvgIpc) is 1.61. The minimum Gasteiger partial charge on any atom is -0.893 e. The standard InChI is InChI=1S/C3H6BBrO2.Mg/c5-3-1-2-4(6)7;/h1-3H2;/q-2;+2. The molecule has 8 heavy (non-hydrogen) atoms. The van der Waals surface area contributed by atoms with Gasteiger partial charge in [-0.1, -0.05) is 22.4 Å². The van der Waals surface area contributed by atoms with E-state index in [1.54, 1.807) is 0 Å². The summed E-state index contributed by atoms with van der Waals surface area (Å²) in [6, 6.07) is 0. The molecule has 0 unspecified atom stereocenters. The Morgan fingerprint density at radius 3 is 2.00 bits per heavy atom. The van der Waals surface area contributed by atoms with E-state index in [0.717, 1.165) is 5.33 Å². The van der Waals surface area contributed by atoms with Crippen LogP contribution in [0.4, 0.5) is 0 Å². The average molecular weight is 189 g/mol. The van der Waals surface area contributed by atoms with Gasteiger partial charge in [0.25, 0.3) is 0 Å². The predicted molar refractivity (Wildman–Crippen MR) is 34.7 cm³/mol. The van der Waals surface area contributed by atoms with E-state index >= 15 is 0 Å². The van der Waals surface area contributed by atoms with Crippen molar-refractivity contribution in [1.29, 1.82) is 0 Å². The van der Waals surface area contributed by atoms with E-state index in [2.05, 4.69) is 15.9 Å². The number of hydrogen-bond acceptors (Lipinski definition) is 2. The molecule has 0 aliphatic rings. The Bertz CT molecular complexity index is 46.3. The van der Waals surface area contributed by atoms with E-state index in [1.807, 2.05) is 0 Å². The van der Waals surface area contributed by atoms with Crippen molar-refractivity contribution >= 4 is 46.1 Å². The molecule has 0 aromatic heterocycles. The zero-order valence-electron chi connectivity index (χ0n) is 4.60. The second kappa shape index (κ2) is 8.23. The van der Waals surface area contributed by atoms with Crippen LogP contribution in [0.1, 0.15) is 6.42 Å². The molecule has 0 spiro atoms. The molecular formula is C3H6BBrMgO2. The Labute approximate surface area is 74.1 Å². The molecule has 0 aliphatic heterocycles. The molecule has 0 aliphatic carbocycles. The molecule has 0 fully saturated rings. The van der Waals surface area contributed by atoms with Crippen LogP contribution in [0.15, 0.2) is 0 Å². The van der Waals surface area contributed by atoms with Crippen molar-refractivity contribution in [3.05, 3.63) is 0 Å². The summed E-state index contributed by atoms with van der Waals surface area (Å²) in [5.74, 6) is 0. The first kappa shape index (κ1) is 12.0. The molecule has 0 aromatic carbocycles. The largest absolute Gasteiger partial charge is 2.00 e. The Morgan fingerprint density at radius 2 is 1.88 bits per heavy atom. The van der Waals surface area contributed by atoms with E-state index in [1.165, 1.54) is 0 Å². The first-order valence-electron chi connectivity index (χ1n) is 2.15. The molecule has 0 bridgehead atoms. The van der Waals surface area contributed by atoms with E-state index in [9.17, 15) is 10.0 Å². The normalized spacial score (nSPS) is 7.88. The number of rotatable bonds is 3. The Balaban J connectivity index is 0. The second-order valence-corrected chi connectivity index (χ2v) is 2.05. The van der Waals surface area contributed by atoms with Crippen molar-refractivity contribution in [2.75, 3.05) is 5.33 Å². The van der Waals surface area contributed by atoms with E-state index in [-0.39, 0.29) is 29.4 Å². The number of halogens is 1. The van der Waals surface area contributed by atoms with Crippen LogP contribution in [0, 0.1) is 0 Å². The third-order valence-electron chi connectivity index (χ3n) is 0.573. The topological polar surface area (TPSA) is 46.1 Å². The molecule has 5 heteroatoms. The van der Waals surface area contributed by atoms with Gasteiger partial charge in [0.2, 0.25) is 0 Å². The second-order valence-electron chi connectivity index (χ2n) is 1.26. The van der Waals surface area contributed by atoms with Gasteiger partial charge in [-0.3, -0.25) is 0 Å². The molecule has 0 N–H and O–H groups in total. The SMILES string of the molecule is [Mg+2].[O-]B([O-])CCCBr. The van der Waals surface area contributed by atoms with Gasteiger partial charge in [0.15, 0.2) is 0 Å². The molecular weight excluding hydrogens is 183 g/mol. The number of hydrogen-bond donors (Lipinski definition) is 0. The minimum atomic E-state index is -1.63. The van der Waals surface area contributed by atoms with Crippen LogP contribution in [0.5, 0.6) is 0 Å². The Hall–Kier alpha value is 1.23. The molecule has 2 nitrogen and oxygen atoms in total. The summed E-state index contributed by atoms with van der Waals surface area (Å²) < 4.78 is 0. The zero-order valence-corrected chi connectivity index (χ0v) is 7.60. The van der Waals surface area contributed by atoms with Crippen molar-refractivity contribution in [3.8, 4) is 0 Å². The van der Waals surface area contributed by atoms with Gasteiger partial charge in [0, 0.05) is 5.33 Å². The van der Waals surface area contributed by atoms with Crippen molar-refractivity contribution in [2.24, 2.45) is 0 Å². The first-order valence-corrected chi connectivity index (χ1v) is 3.27. The van der Waals surface area contributed by atoms with Gasteiger partial charge in [0.05, 0.1) is 0 Å². The molecule has 0 saturated heterocycles. The fourth-order valence-electron chi connectivity index (χ4n) is 0.244. The molecule has 0 atom stereocenters. The van der Waals surface area contributed by atoms with Crippen LogP contribution in [-0.2, 0) is 0 Å². The molecule has 0 saturated carbocycles. The van der Waals surface area contributed by atoms with Gasteiger partial charge in [-0.15, -0.1) is 13.4 Å². The van der Waals surface area contributed by atoms with Crippen LogP contribution in [-0.4, -0.2) is 35.5 Å². The Kier molecular flexibility index (Phi) is 12.3. The molecule has 0 aromatic rings. The van der Waals surface area contributed by atoms with Gasteiger partial charge < -0.3 is 10.0 Å². The molecule has 0 rings (SSSR count). The summed E-state index contributed by atoms with van der Waals surface area (Å²) in [4.78, 5) is 0. The summed E-state index contributed by atoms with van der Waals surface area (Å²) in [6.07, 6.45) is 0.933. The summed E-state index contributed by atoms with van der Waals surface area (Å²) >= 11 is 3.10. The van der Waals surface area contributed by atoms with Crippen molar-refractivity contribution in [2.45, 2.75) is 12.7 Å². The maximum Gasteiger partial charge on any atom is 2.00 e. The van der Waals surface area contributed by atoms with Crippen LogP contribution >= 0.6 is 15.9 Å². The molecule has 0 radical (unpaired) electrons. The number of alkyl halides is 1. The van der Waals surface area contributed by atoms with E-state index < -0.39 is 7.12 Å². The Morgan fingerprint density at radius 1 is 1.38 bits per heavy atom. The van der Waals surface area contributed by atoms with Gasteiger partial charge in [0.1, 0.15) is 0 Å². The zero-order chi connectivity index (χ0) is 5.70. The molecule has 42 valence electrons. The quantitative estimate of drug-likeness (QED) is 0.405. The van der Waals surface area contributed by atoms with Gasteiger partial charge in [-0.2, -0.15) is 0 Å². The third-order valence-corrected chi connectivity index (χ3v) is 1.13. The predicted octanol–water partition coefficient (Wildman–Crippen LogP) is -1.40. The van der Waals surface area contributed by atoms with Crippen molar-refractivity contribution in [1.82, 2.24) is 0 Å². The molecule has 0 amide bonds. The van der Waals surface area contributed by atoms with Gasteiger partial charge in [-0.05, 0) is 0 Å². The van der Waals surface area contributed by atoms with Crippen LogP contribution < -0.4 is 10.0 Å². The van der Waals surface area contributed by atoms with Crippen molar-refractivity contribution < 1.29 is 10.0 Å². The fourth-order valence-corrected chi connectivity index (χ4v) is 0.568. The van der Waals surface area contributed by atoms with Crippen molar-refractivity contribution in [3.63, 3.8) is 0 Å². The summed E-state index contributed by atoms with van der Waals surface area (Å²) in [5, 5.41) is 20.2. The van der Waals surface area contributed by atoms with Gasteiger partial charge >= 0.3 is 23.1 Å². The maximum atomic E-state index is 9.71. The van der Waals surface area contributed by atoms with E-state index in [4.69, 9.17) is 0 Å². The monoisotopic (exact) mass is 188 g/mol. The first-order chi connectivity index (χ1) is 3.27. The summed E-state index contributed by atoms with van der Waals surface area (Å²) in [5.41, 5.74) is 0. The summed E-state index contributed by atoms with van der Waals surface area (Å²) in [7, 11) is -1.63. The third kappa shape index (κ3) is 10.3.